The second-order valence-electron chi connectivity index (χ2n) is 3.41. The average Bonchev–Trinajstić information content (AvgIpc) is 2.34. The Bertz CT molecular complexity index is 177. The fourth-order valence-electron chi connectivity index (χ4n) is 1.28. The molecular weight excluding hydrogens is 222 g/mol. The molecule has 0 aliphatic heterocycles. The summed E-state index contributed by atoms with van der Waals surface area (Å²) in [6, 6.07) is 0. The van der Waals surface area contributed by atoms with Crippen LogP contribution in [0.3, 0.4) is 0 Å². The van der Waals surface area contributed by atoms with Crippen LogP contribution in [0.1, 0.15) is 20.8 Å². The van der Waals surface area contributed by atoms with E-state index in [1.807, 2.05) is 20.8 Å². The molecule has 5 nitrogen and oxygen atoms in total. The molecule has 5 heteroatoms. The molecule has 0 radical (unpaired) electrons. The summed E-state index contributed by atoms with van der Waals surface area (Å²) in [4.78, 5) is 13.5. The fraction of sp³-hybridized carbons (Fsp3) is 0.917. The van der Waals surface area contributed by atoms with E-state index in [4.69, 9.17) is 14.2 Å². The van der Waals surface area contributed by atoms with Crippen molar-refractivity contribution in [1.29, 1.82) is 0 Å². The van der Waals surface area contributed by atoms with Crippen LogP contribution < -0.4 is 0 Å². The maximum absolute atomic E-state index is 11.8. The van der Waals surface area contributed by atoms with Crippen molar-refractivity contribution >= 4 is 5.91 Å². The number of nitrogens with zero attached hydrogens (tertiary/aromatic N) is 1. The normalized spacial score (nSPS) is 10.5. The highest BCUT2D eigenvalue weighted by molar-refractivity contribution is 5.77. The molecule has 0 heterocycles. The molecule has 0 spiro atoms. The second-order valence-corrected chi connectivity index (χ2v) is 3.41. The molecule has 0 N–H and O–H groups in total. The van der Waals surface area contributed by atoms with E-state index in [0.29, 0.717) is 46.1 Å². The molecule has 0 aromatic carbocycles. The van der Waals surface area contributed by atoms with E-state index >= 15 is 0 Å². The highest BCUT2D eigenvalue weighted by Gasteiger charge is 2.12. The van der Waals surface area contributed by atoms with Crippen LogP contribution >= 0.6 is 0 Å². The molecule has 102 valence electrons. The molecule has 0 bridgehead atoms. The Hall–Kier alpha value is -0.650. The molecule has 1 amide bonds. The standard InChI is InChI=1S/C12H25NO4/c1-4-15-9-7-13(8-10-16-5-2)12(14)11-17-6-3/h4-11H2,1-3H3. The number of ether oxygens (including phenoxy) is 3. The second kappa shape index (κ2) is 11.8. The zero-order valence-electron chi connectivity index (χ0n) is 11.2. The van der Waals surface area contributed by atoms with Gasteiger partial charge in [-0.2, -0.15) is 0 Å². The zero-order valence-corrected chi connectivity index (χ0v) is 11.2. The van der Waals surface area contributed by atoms with E-state index in [9.17, 15) is 4.79 Å². The van der Waals surface area contributed by atoms with Crippen LogP contribution in [0.25, 0.3) is 0 Å². The SMILES string of the molecule is CCOCCN(CCOCC)C(=O)COCC. The quantitative estimate of drug-likeness (QED) is 0.510. The third-order valence-electron chi connectivity index (χ3n) is 2.20. The molecule has 0 unspecified atom stereocenters. The molecule has 0 saturated carbocycles. The summed E-state index contributed by atoms with van der Waals surface area (Å²) in [6.45, 7) is 10.1. The molecule has 0 aliphatic carbocycles. The lowest BCUT2D eigenvalue weighted by molar-refractivity contribution is -0.137. The van der Waals surface area contributed by atoms with Crippen molar-refractivity contribution in [3.8, 4) is 0 Å². The first-order valence-electron chi connectivity index (χ1n) is 6.27. The molecule has 17 heavy (non-hydrogen) atoms. The van der Waals surface area contributed by atoms with E-state index < -0.39 is 0 Å². The van der Waals surface area contributed by atoms with E-state index in [1.165, 1.54) is 0 Å². The maximum atomic E-state index is 11.8. The average molecular weight is 247 g/mol. The van der Waals surface area contributed by atoms with Gasteiger partial charge in [0.25, 0.3) is 0 Å². The van der Waals surface area contributed by atoms with Gasteiger partial charge in [0.2, 0.25) is 5.91 Å². The predicted octanol–water partition coefficient (Wildman–Crippen LogP) is 0.925. The van der Waals surface area contributed by atoms with Gasteiger partial charge in [-0.05, 0) is 20.8 Å². The van der Waals surface area contributed by atoms with Crippen molar-refractivity contribution in [3.63, 3.8) is 0 Å². The summed E-state index contributed by atoms with van der Waals surface area (Å²) >= 11 is 0. The van der Waals surface area contributed by atoms with E-state index in [0.717, 1.165) is 0 Å². The lowest BCUT2D eigenvalue weighted by Crippen LogP contribution is -2.39. The maximum Gasteiger partial charge on any atom is 0.248 e. The van der Waals surface area contributed by atoms with Crippen molar-refractivity contribution in [2.45, 2.75) is 20.8 Å². The van der Waals surface area contributed by atoms with Gasteiger partial charge < -0.3 is 19.1 Å². The third-order valence-corrected chi connectivity index (χ3v) is 2.20. The largest absolute Gasteiger partial charge is 0.380 e. The van der Waals surface area contributed by atoms with E-state index in [1.54, 1.807) is 4.90 Å². The minimum atomic E-state index is -0.00810. The third kappa shape index (κ3) is 9.09. The molecule has 0 rings (SSSR count). The summed E-state index contributed by atoms with van der Waals surface area (Å²) in [7, 11) is 0. The Morgan fingerprint density at radius 1 is 0.882 bits per heavy atom. The Labute approximate surface area is 104 Å². The Balaban J connectivity index is 3.94. The summed E-state index contributed by atoms with van der Waals surface area (Å²) in [5.41, 5.74) is 0. The van der Waals surface area contributed by atoms with Gasteiger partial charge in [-0.15, -0.1) is 0 Å². The number of hydrogen-bond donors (Lipinski definition) is 0. The van der Waals surface area contributed by atoms with Gasteiger partial charge in [0.1, 0.15) is 6.61 Å². The molecule has 0 aromatic rings. The van der Waals surface area contributed by atoms with Crippen LogP contribution in [0, 0.1) is 0 Å². The summed E-state index contributed by atoms with van der Waals surface area (Å²) in [5.74, 6) is -0.00810. The number of rotatable bonds is 11. The fourth-order valence-corrected chi connectivity index (χ4v) is 1.28. The van der Waals surface area contributed by atoms with Crippen LogP contribution in [-0.2, 0) is 19.0 Å². The zero-order chi connectivity index (χ0) is 12.9. The molecule has 0 atom stereocenters. The molecule has 0 aliphatic rings. The van der Waals surface area contributed by atoms with Gasteiger partial charge in [-0.3, -0.25) is 4.79 Å². The molecule has 0 fully saturated rings. The van der Waals surface area contributed by atoms with E-state index in [-0.39, 0.29) is 12.5 Å². The molecular formula is C12H25NO4. The monoisotopic (exact) mass is 247 g/mol. The van der Waals surface area contributed by atoms with E-state index in [2.05, 4.69) is 0 Å². The smallest absolute Gasteiger partial charge is 0.248 e. The van der Waals surface area contributed by atoms with Crippen molar-refractivity contribution in [2.75, 3.05) is 52.7 Å². The highest BCUT2D eigenvalue weighted by atomic mass is 16.5. The van der Waals surface area contributed by atoms with Gasteiger partial charge in [-0.25, -0.2) is 0 Å². The lowest BCUT2D eigenvalue weighted by atomic mass is 10.4. The number of carbonyl (C=O) groups is 1. The molecule has 0 saturated heterocycles. The summed E-state index contributed by atoms with van der Waals surface area (Å²) < 4.78 is 15.6. The van der Waals surface area contributed by atoms with Crippen molar-refractivity contribution in [3.05, 3.63) is 0 Å². The Kier molecular flexibility index (Phi) is 11.4. The van der Waals surface area contributed by atoms with Crippen molar-refractivity contribution in [1.82, 2.24) is 4.90 Å². The summed E-state index contributed by atoms with van der Waals surface area (Å²) in [6.07, 6.45) is 0. The summed E-state index contributed by atoms with van der Waals surface area (Å²) in [5, 5.41) is 0. The minimum Gasteiger partial charge on any atom is -0.380 e. The van der Waals surface area contributed by atoms with Crippen LogP contribution in [0.2, 0.25) is 0 Å². The topological polar surface area (TPSA) is 48.0 Å². The van der Waals surface area contributed by atoms with Crippen LogP contribution in [0.4, 0.5) is 0 Å². The van der Waals surface area contributed by atoms with Crippen LogP contribution in [0.5, 0.6) is 0 Å². The van der Waals surface area contributed by atoms with Gasteiger partial charge in [0.05, 0.1) is 13.2 Å². The Morgan fingerprint density at radius 3 is 1.76 bits per heavy atom. The number of hydrogen-bond acceptors (Lipinski definition) is 4. The molecule has 0 aromatic heterocycles. The minimum absolute atomic E-state index is 0.00810. The predicted molar refractivity (Wildman–Crippen MR) is 66.1 cm³/mol. The first-order chi connectivity index (χ1) is 8.26. The Morgan fingerprint density at radius 2 is 1.35 bits per heavy atom. The first-order valence-corrected chi connectivity index (χ1v) is 6.27. The van der Waals surface area contributed by atoms with Gasteiger partial charge in [0, 0.05) is 32.9 Å². The van der Waals surface area contributed by atoms with Gasteiger partial charge in [0.15, 0.2) is 0 Å². The van der Waals surface area contributed by atoms with Crippen LogP contribution in [-0.4, -0.2) is 63.5 Å². The van der Waals surface area contributed by atoms with Crippen LogP contribution in [0.15, 0.2) is 0 Å². The number of amides is 1. The lowest BCUT2D eigenvalue weighted by Gasteiger charge is -2.22. The van der Waals surface area contributed by atoms with Crippen molar-refractivity contribution < 1.29 is 19.0 Å². The highest BCUT2D eigenvalue weighted by Crippen LogP contribution is 1.93. The van der Waals surface area contributed by atoms with Gasteiger partial charge >= 0.3 is 0 Å². The first kappa shape index (κ1) is 16.4. The van der Waals surface area contributed by atoms with Gasteiger partial charge in [-0.1, -0.05) is 0 Å². The van der Waals surface area contributed by atoms with Crippen molar-refractivity contribution in [2.24, 2.45) is 0 Å². The number of carbonyl (C=O) groups excluding carboxylic acids is 1.